The fourth-order valence-corrected chi connectivity index (χ4v) is 2.56. The van der Waals surface area contributed by atoms with Crippen molar-refractivity contribution in [1.82, 2.24) is 0 Å². The third kappa shape index (κ3) is 1.75. The van der Waals surface area contributed by atoms with E-state index in [2.05, 4.69) is 0 Å². The van der Waals surface area contributed by atoms with E-state index in [1.807, 2.05) is 0 Å². The molecule has 82 valence electrons. The Hall–Kier alpha value is -0.640. The van der Waals surface area contributed by atoms with Gasteiger partial charge in [0.2, 0.25) is 0 Å². The van der Waals surface area contributed by atoms with E-state index in [1.165, 1.54) is 18.2 Å². The maximum atomic E-state index is 13.1. The van der Waals surface area contributed by atoms with E-state index in [9.17, 15) is 9.50 Å². The van der Waals surface area contributed by atoms with Gasteiger partial charge in [0, 0.05) is 17.0 Å². The first kappa shape index (κ1) is 10.9. The van der Waals surface area contributed by atoms with Gasteiger partial charge in [-0.05, 0) is 36.6 Å². The van der Waals surface area contributed by atoms with Gasteiger partial charge in [-0.25, -0.2) is 4.39 Å². The topological polar surface area (TPSA) is 46.2 Å². The van der Waals surface area contributed by atoms with Crippen LogP contribution in [0.25, 0.3) is 0 Å². The zero-order valence-corrected chi connectivity index (χ0v) is 8.97. The molecule has 0 aromatic heterocycles. The minimum absolute atomic E-state index is 0.316. The molecule has 2 rings (SSSR count). The summed E-state index contributed by atoms with van der Waals surface area (Å²) in [6, 6.07) is 4.28. The van der Waals surface area contributed by atoms with Crippen LogP contribution in [0.5, 0.6) is 0 Å². The van der Waals surface area contributed by atoms with Gasteiger partial charge in [-0.2, -0.15) is 0 Å². The predicted octanol–water partition coefficient (Wildman–Crippen LogP) is 1.83. The summed E-state index contributed by atoms with van der Waals surface area (Å²) < 4.78 is 13.1. The minimum Gasteiger partial charge on any atom is -0.393 e. The molecule has 1 aliphatic carbocycles. The smallest absolute Gasteiger partial charge is 0.123 e. The molecular formula is C11H13ClFNO. The van der Waals surface area contributed by atoms with E-state index < -0.39 is 0 Å². The molecule has 0 amide bonds. The van der Waals surface area contributed by atoms with Crippen molar-refractivity contribution in [1.29, 1.82) is 0 Å². The highest BCUT2D eigenvalue weighted by Gasteiger charge is 2.44. The monoisotopic (exact) mass is 229 g/mol. The summed E-state index contributed by atoms with van der Waals surface area (Å²) in [7, 11) is 0. The zero-order valence-electron chi connectivity index (χ0n) is 8.21. The van der Waals surface area contributed by atoms with Gasteiger partial charge in [0.1, 0.15) is 5.82 Å². The van der Waals surface area contributed by atoms with Crippen LogP contribution < -0.4 is 5.73 Å². The first-order chi connectivity index (χ1) is 7.07. The molecule has 0 unspecified atom stereocenters. The summed E-state index contributed by atoms with van der Waals surface area (Å²) in [5.41, 5.74) is 6.07. The summed E-state index contributed by atoms with van der Waals surface area (Å²) in [4.78, 5) is 0. The number of aliphatic hydroxyl groups is 1. The van der Waals surface area contributed by atoms with Crippen molar-refractivity contribution in [2.24, 2.45) is 5.73 Å². The summed E-state index contributed by atoms with van der Waals surface area (Å²) in [6.07, 6.45) is 0.784. The molecule has 0 heterocycles. The molecule has 1 saturated carbocycles. The molecule has 0 saturated heterocycles. The SMILES string of the molecule is NCC1(c2cc(F)ccc2Cl)CC(O)C1. The summed E-state index contributed by atoms with van der Waals surface area (Å²) in [6.45, 7) is 0.382. The van der Waals surface area contributed by atoms with Gasteiger partial charge >= 0.3 is 0 Å². The average Bonchev–Trinajstić information content (AvgIpc) is 2.17. The lowest BCUT2D eigenvalue weighted by molar-refractivity contribution is 0.0221. The minimum atomic E-state index is -0.340. The summed E-state index contributed by atoms with van der Waals surface area (Å²) in [5, 5.41) is 9.87. The van der Waals surface area contributed by atoms with Crippen molar-refractivity contribution >= 4 is 11.6 Å². The molecule has 0 aliphatic heterocycles. The lowest BCUT2D eigenvalue weighted by atomic mass is 9.63. The van der Waals surface area contributed by atoms with Crippen molar-refractivity contribution in [2.45, 2.75) is 24.4 Å². The highest BCUT2D eigenvalue weighted by Crippen LogP contribution is 2.45. The van der Waals surface area contributed by atoms with Gasteiger partial charge < -0.3 is 10.8 Å². The van der Waals surface area contributed by atoms with E-state index >= 15 is 0 Å². The fraction of sp³-hybridized carbons (Fsp3) is 0.455. The van der Waals surface area contributed by atoms with Crippen LogP contribution in [0.3, 0.4) is 0 Å². The molecule has 0 atom stereocenters. The number of rotatable bonds is 2. The summed E-state index contributed by atoms with van der Waals surface area (Å²) in [5.74, 6) is -0.316. The molecular weight excluding hydrogens is 217 g/mol. The van der Waals surface area contributed by atoms with Crippen molar-refractivity contribution in [2.75, 3.05) is 6.54 Å². The predicted molar refractivity (Wildman–Crippen MR) is 57.4 cm³/mol. The van der Waals surface area contributed by atoms with Crippen LogP contribution >= 0.6 is 11.6 Å². The Morgan fingerprint density at radius 1 is 1.53 bits per heavy atom. The Balaban J connectivity index is 2.39. The van der Waals surface area contributed by atoms with Gasteiger partial charge in [0.05, 0.1) is 6.10 Å². The highest BCUT2D eigenvalue weighted by molar-refractivity contribution is 6.31. The highest BCUT2D eigenvalue weighted by atomic mass is 35.5. The van der Waals surface area contributed by atoms with Gasteiger partial charge in [-0.3, -0.25) is 0 Å². The Morgan fingerprint density at radius 3 is 2.73 bits per heavy atom. The number of benzene rings is 1. The van der Waals surface area contributed by atoms with Crippen LogP contribution in [-0.4, -0.2) is 17.8 Å². The van der Waals surface area contributed by atoms with E-state index in [0.717, 1.165) is 5.56 Å². The van der Waals surface area contributed by atoms with Crippen molar-refractivity contribution in [3.05, 3.63) is 34.6 Å². The number of hydrogen-bond acceptors (Lipinski definition) is 2. The molecule has 1 aromatic rings. The molecule has 4 heteroatoms. The van der Waals surface area contributed by atoms with Gasteiger partial charge in [-0.15, -0.1) is 0 Å². The molecule has 1 aliphatic rings. The number of aliphatic hydroxyl groups excluding tert-OH is 1. The standard InChI is InChI=1S/C11H13ClFNO/c12-10-2-1-7(13)3-9(10)11(6-14)4-8(15)5-11/h1-3,8,15H,4-6,14H2. The Bertz CT molecular complexity index is 377. The first-order valence-corrected chi connectivity index (χ1v) is 5.29. The second-order valence-corrected chi connectivity index (χ2v) is 4.58. The van der Waals surface area contributed by atoms with Crippen molar-refractivity contribution in [3.63, 3.8) is 0 Å². The zero-order chi connectivity index (χ0) is 11.1. The Kier molecular flexibility index (Phi) is 2.71. The molecule has 1 fully saturated rings. The fourth-order valence-electron chi connectivity index (χ4n) is 2.24. The van der Waals surface area contributed by atoms with Crippen LogP contribution in [0.4, 0.5) is 4.39 Å². The second-order valence-electron chi connectivity index (χ2n) is 4.17. The lowest BCUT2D eigenvalue weighted by Crippen LogP contribution is -2.50. The van der Waals surface area contributed by atoms with Crippen LogP contribution in [0, 0.1) is 5.82 Å². The summed E-state index contributed by atoms with van der Waals surface area (Å²) >= 11 is 6.02. The molecule has 1 aromatic carbocycles. The normalized spacial score (nSPS) is 30.0. The third-order valence-corrected chi connectivity index (χ3v) is 3.47. The average molecular weight is 230 g/mol. The third-order valence-electron chi connectivity index (χ3n) is 3.14. The van der Waals surface area contributed by atoms with Crippen LogP contribution in [0.15, 0.2) is 18.2 Å². The quantitative estimate of drug-likeness (QED) is 0.813. The Labute approximate surface area is 92.9 Å². The van der Waals surface area contributed by atoms with Crippen LogP contribution in [-0.2, 0) is 5.41 Å². The lowest BCUT2D eigenvalue weighted by Gasteiger charge is -2.45. The van der Waals surface area contributed by atoms with Gasteiger partial charge in [-0.1, -0.05) is 11.6 Å². The maximum absolute atomic E-state index is 13.1. The van der Waals surface area contributed by atoms with E-state index in [0.29, 0.717) is 24.4 Å². The molecule has 0 spiro atoms. The van der Waals surface area contributed by atoms with Gasteiger partial charge in [0.15, 0.2) is 0 Å². The molecule has 15 heavy (non-hydrogen) atoms. The number of halogens is 2. The maximum Gasteiger partial charge on any atom is 0.123 e. The largest absolute Gasteiger partial charge is 0.393 e. The molecule has 0 bridgehead atoms. The Morgan fingerprint density at radius 2 is 2.20 bits per heavy atom. The van der Waals surface area contributed by atoms with E-state index in [1.54, 1.807) is 0 Å². The second kappa shape index (κ2) is 3.74. The first-order valence-electron chi connectivity index (χ1n) is 4.91. The van der Waals surface area contributed by atoms with Crippen LogP contribution in [0.2, 0.25) is 5.02 Å². The van der Waals surface area contributed by atoms with Crippen LogP contribution in [0.1, 0.15) is 18.4 Å². The molecule has 0 radical (unpaired) electrons. The van der Waals surface area contributed by atoms with E-state index in [4.69, 9.17) is 17.3 Å². The van der Waals surface area contributed by atoms with Crippen molar-refractivity contribution in [3.8, 4) is 0 Å². The van der Waals surface area contributed by atoms with E-state index in [-0.39, 0.29) is 17.3 Å². The molecule has 2 nitrogen and oxygen atoms in total. The number of hydrogen-bond donors (Lipinski definition) is 2. The number of nitrogens with two attached hydrogens (primary N) is 1. The van der Waals surface area contributed by atoms with Gasteiger partial charge in [0.25, 0.3) is 0 Å². The molecule has 3 N–H and O–H groups in total. The van der Waals surface area contributed by atoms with Crippen molar-refractivity contribution < 1.29 is 9.50 Å².